The average Bonchev–Trinajstić information content (AvgIpc) is 3.06. The third-order valence-electron chi connectivity index (χ3n) is 4.49. The van der Waals surface area contributed by atoms with Gasteiger partial charge in [-0.1, -0.05) is 17.7 Å². The number of rotatable bonds is 8. The quantitative estimate of drug-likeness (QED) is 0.333. The fourth-order valence-corrected chi connectivity index (χ4v) is 2.82. The zero-order valence-electron chi connectivity index (χ0n) is 17.2. The van der Waals surface area contributed by atoms with Crippen molar-refractivity contribution in [1.29, 1.82) is 0 Å². The molecule has 0 aliphatic carbocycles. The average molecular weight is 428 g/mol. The number of benzene rings is 2. The lowest BCUT2D eigenvalue weighted by Gasteiger charge is -2.11. The predicted molar refractivity (Wildman–Crippen MR) is 110 cm³/mol. The molecule has 0 unspecified atom stereocenters. The minimum absolute atomic E-state index is 0.106. The molecule has 0 radical (unpaired) electrons. The molecule has 0 aliphatic heterocycles. The first-order chi connectivity index (χ1) is 14.8. The van der Waals surface area contributed by atoms with Crippen molar-refractivity contribution in [3.05, 3.63) is 75.2 Å². The monoisotopic (exact) mass is 428 g/mol. The molecule has 0 bridgehead atoms. The number of carbonyl (C=O) groups excluding carboxylic acids is 1. The summed E-state index contributed by atoms with van der Waals surface area (Å²) in [5.74, 6) is -1.45. The Morgan fingerprint density at radius 1 is 1.23 bits per heavy atom. The molecule has 1 aromatic heterocycles. The van der Waals surface area contributed by atoms with E-state index in [9.17, 15) is 19.3 Å². The highest BCUT2D eigenvalue weighted by Crippen LogP contribution is 2.33. The molecule has 10 heteroatoms. The summed E-state index contributed by atoms with van der Waals surface area (Å²) in [6.07, 6.45) is 0. The number of amides is 1. The highest BCUT2D eigenvalue weighted by atomic mass is 19.1. The number of nitro benzene ring substituents is 1. The highest BCUT2D eigenvalue weighted by Gasteiger charge is 2.24. The molecule has 3 rings (SSSR count). The minimum atomic E-state index is -0.906. The Kier molecular flexibility index (Phi) is 6.61. The lowest BCUT2D eigenvalue weighted by Crippen LogP contribution is -2.27. The molecule has 0 atom stereocenters. The number of methoxy groups -OCH3 is 1. The normalized spacial score (nSPS) is 10.7. The van der Waals surface area contributed by atoms with Crippen LogP contribution in [0.25, 0.3) is 5.69 Å². The van der Waals surface area contributed by atoms with Crippen LogP contribution in [-0.4, -0.2) is 40.9 Å². The van der Waals surface area contributed by atoms with E-state index < -0.39 is 22.3 Å². The maximum atomic E-state index is 14.4. The second-order valence-electron chi connectivity index (χ2n) is 6.75. The van der Waals surface area contributed by atoms with Crippen molar-refractivity contribution in [1.82, 2.24) is 15.1 Å². The molecule has 1 amide bonds. The lowest BCUT2D eigenvalue weighted by atomic mass is 10.2. The zero-order valence-corrected chi connectivity index (χ0v) is 17.2. The van der Waals surface area contributed by atoms with Gasteiger partial charge in [0, 0.05) is 25.3 Å². The largest absolute Gasteiger partial charge is 0.436 e. The van der Waals surface area contributed by atoms with Crippen LogP contribution in [0.2, 0.25) is 0 Å². The molecule has 0 saturated heterocycles. The van der Waals surface area contributed by atoms with E-state index in [4.69, 9.17) is 9.47 Å². The van der Waals surface area contributed by atoms with Crippen LogP contribution in [0.5, 0.6) is 11.6 Å². The Balaban J connectivity index is 2.03. The molecular weight excluding hydrogens is 407 g/mol. The Morgan fingerprint density at radius 2 is 1.94 bits per heavy atom. The van der Waals surface area contributed by atoms with Gasteiger partial charge >= 0.3 is 0 Å². The number of carbonyl (C=O) groups is 1. The molecule has 1 heterocycles. The topological polar surface area (TPSA) is 109 Å². The summed E-state index contributed by atoms with van der Waals surface area (Å²) in [6.45, 7) is 4.18. The summed E-state index contributed by atoms with van der Waals surface area (Å²) in [7, 11) is 1.52. The van der Waals surface area contributed by atoms with E-state index in [1.54, 1.807) is 19.1 Å². The van der Waals surface area contributed by atoms with Crippen molar-refractivity contribution >= 4 is 11.6 Å². The number of ether oxygens (including phenoxy) is 2. The summed E-state index contributed by atoms with van der Waals surface area (Å²) >= 11 is 0. The molecule has 31 heavy (non-hydrogen) atoms. The van der Waals surface area contributed by atoms with E-state index >= 15 is 0 Å². The molecule has 2 aromatic carbocycles. The van der Waals surface area contributed by atoms with Crippen LogP contribution < -0.4 is 10.1 Å². The Morgan fingerprint density at radius 3 is 2.55 bits per heavy atom. The number of nitrogens with zero attached hydrogens (tertiary/aromatic N) is 3. The summed E-state index contributed by atoms with van der Waals surface area (Å²) in [4.78, 5) is 22.7. The number of nitro groups is 1. The van der Waals surface area contributed by atoms with Crippen LogP contribution in [0.15, 0.2) is 42.5 Å². The van der Waals surface area contributed by atoms with Crippen LogP contribution in [0.1, 0.15) is 21.6 Å². The van der Waals surface area contributed by atoms with Gasteiger partial charge in [0.2, 0.25) is 5.88 Å². The van der Waals surface area contributed by atoms with Crippen molar-refractivity contribution < 1.29 is 23.6 Å². The van der Waals surface area contributed by atoms with Crippen molar-refractivity contribution in [2.75, 3.05) is 20.3 Å². The number of non-ortho nitro benzene ring substituents is 1. The van der Waals surface area contributed by atoms with Gasteiger partial charge in [0.25, 0.3) is 11.6 Å². The van der Waals surface area contributed by atoms with Gasteiger partial charge in [-0.25, -0.2) is 4.39 Å². The summed E-state index contributed by atoms with van der Waals surface area (Å²) in [5.41, 5.74) is 1.71. The van der Waals surface area contributed by atoms with E-state index in [2.05, 4.69) is 10.4 Å². The number of hydrogen-bond donors (Lipinski definition) is 1. The van der Waals surface area contributed by atoms with E-state index in [0.717, 1.165) is 23.8 Å². The number of aromatic nitrogens is 2. The maximum Gasteiger partial charge on any atom is 0.272 e. The van der Waals surface area contributed by atoms with Gasteiger partial charge in [0.05, 0.1) is 23.3 Å². The van der Waals surface area contributed by atoms with Gasteiger partial charge in [-0.05, 0) is 32.0 Å². The fourth-order valence-electron chi connectivity index (χ4n) is 2.82. The zero-order chi connectivity index (χ0) is 22.5. The van der Waals surface area contributed by atoms with Crippen molar-refractivity contribution in [2.24, 2.45) is 0 Å². The predicted octanol–water partition coefficient (Wildman–Crippen LogP) is 3.70. The van der Waals surface area contributed by atoms with E-state index in [1.807, 2.05) is 19.1 Å². The molecule has 0 fully saturated rings. The summed E-state index contributed by atoms with van der Waals surface area (Å²) in [6, 6.07) is 10.4. The lowest BCUT2D eigenvalue weighted by molar-refractivity contribution is -0.385. The smallest absolute Gasteiger partial charge is 0.272 e. The van der Waals surface area contributed by atoms with E-state index in [-0.39, 0.29) is 17.3 Å². The van der Waals surface area contributed by atoms with Crippen LogP contribution in [0.4, 0.5) is 10.1 Å². The highest BCUT2D eigenvalue weighted by molar-refractivity contribution is 5.94. The van der Waals surface area contributed by atoms with E-state index in [1.165, 1.54) is 11.8 Å². The fraction of sp³-hybridized carbons (Fsp3) is 0.238. The molecule has 0 saturated carbocycles. The van der Waals surface area contributed by atoms with Gasteiger partial charge in [-0.15, -0.1) is 0 Å². The minimum Gasteiger partial charge on any atom is -0.436 e. The summed E-state index contributed by atoms with van der Waals surface area (Å²) in [5, 5.41) is 17.9. The Hall–Kier alpha value is -3.79. The van der Waals surface area contributed by atoms with Gasteiger partial charge in [-0.3, -0.25) is 14.9 Å². The summed E-state index contributed by atoms with van der Waals surface area (Å²) < 4.78 is 26.5. The second-order valence-corrected chi connectivity index (χ2v) is 6.75. The van der Waals surface area contributed by atoms with Crippen molar-refractivity contribution in [2.45, 2.75) is 13.8 Å². The Labute approximate surface area is 177 Å². The van der Waals surface area contributed by atoms with Gasteiger partial charge in [-0.2, -0.15) is 9.78 Å². The third-order valence-corrected chi connectivity index (χ3v) is 4.49. The molecule has 9 nitrogen and oxygen atoms in total. The first kappa shape index (κ1) is 21.9. The number of halogens is 1. The van der Waals surface area contributed by atoms with Gasteiger partial charge in [0.15, 0.2) is 17.3 Å². The Bertz CT molecular complexity index is 1110. The van der Waals surface area contributed by atoms with Crippen molar-refractivity contribution in [3.63, 3.8) is 0 Å². The van der Waals surface area contributed by atoms with Crippen LogP contribution >= 0.6 is 0 Å². The standard InChI is InChI=1S/C21H21FN4O5/c1-13-4-6-15(7-5-13)25-21(14(2)19(24-25)20(27)23-10-11-30-3)31-18-9-8-16(26(28)29)12-17(18)22/h4-9,12H,10-11H2,1-3H3,(H,23,27). The molecule has 1 N–H and O–H groups in total. The molecule has 0 aliphatic rings. The first-order valence-corrected chi connectivity index (χ1v) is 9.37. The van der Waals surface area contributed by atoms with Gasteiger partial charge < -0.3 is 14.8 Å². The third kappa shape index (κ3) is 4.86. The van der Waals surface area contributed by atoms with Crippen molar-refractivity contribution in [3.8, 4) is 17.3 Å². The number of nitrogens with one attached hydrogen (secondary N) is 1. The molecule has 3 aromatic rings. The molecule has 162 valence electrons. The molecule has 0 spiro atoms. The first-order valence-electron chi connectivity index (χ1n) is 9.37. The maximum absolute atomic E-state index is 14.4. The van der Waals surface area contributed by atoms with Gasteiger partial charge in [0.1, 0.15) is 0 Å². The van der Waals surface area contributed by atoms with Crippen LogP contribution in [-0.2, 0) is 4.74 Å². The number of hydrogen-bond acceptors (Lipinski definition) is 6. The van der Waals surface area contributed by atoms with Crippen LogP contribution in [0, 0.1) is 29.8 Å². The van der Waals surface area contributed by atoms with E-state index in [0.29, 0.717) is 24.4 Å². The number of aryl methyl sites for hydroxylation is 1. The SMILES string of the molecule is COCCNC(=O)c1nn(-c2ccc(C)cc2)c(Oc2ccc([N+](=O)[O-])cc2F)c1C. The second kappa shape index (κ2) is 9.35. The van der Waals surface area contributed by atoms with Crippen LogP contribution in [0.3, 0.4) is 0 Å². The molecular formula is C21H21FN4O5.